The van der Waals surface area contributed by atoms with E-state index in [0.29, 0.717) is 12.5 Å². The van der Waals surface area contributed by atoms with Gasteiger partial charge < -0.3 is 24.8 Å². The summed E-state index contributed by atoms with van der Waals surface area (Å²) < 4.78 is 11.6. The predicted octanol–water partition coefficient (Wildman–Crippen LogP) is 7.29. The van der Waals surface area contributed by atoms with Crippen LogP contribution < -0.4 is 0 Å². The normalized spacial score (nSPS) is 25.7. The van der Waals surface area contributed by atoms with Crippen LogP contribution in [0.15, 0.2) is 0 Å². The SMILES string of the molecule is CCCCCCCCCCCCC(CCCCCCCCCC)COC1O[C@@H](C)[C@@H](O)[C@@H](O)[C@@H]1O. The van der Waals surface area contributed by atoms with Crippen molar-refractivity contribution in [3.63, 3.8) is 0 Å². The third-order valence-electron chi connectivity index (χ3n) is 7.74. The molecule has 1 heterocycles. The Morgan fingerprint density at radius 1 is 0.571 bits per heavy atom. The molecule has 0 amide bonds. The maximum Gasteiger partial charge on any atom is 0.186 e. The number of hydrogen-bond donors (Lipinski definition) is 3. The van der Waals surface area contributed by atoms with E-state index in [1.807, 2.05) is 0 Å². The topological polar surface area (TPSA) is 79.2 Å². The third-order valence-corrected chi connectivity index (χ3v) is 7.74. The molecule has 1 aliphatic rings. The van der Waals surface area contributed by atoms with Crippen molar-refractivity contribution in [2.24, 2.45) is 5.92 Å². The van der Waals surface area contributed by atoms with E-state index in [0.717, 1.165) is 12.8 Å². The fourth-order valence-corrected chi connectivity index (χ4v) is 5.18. The maximum absolute atomic E-state index is 10.3. The second kappa shape index (κ2) is 21.8. The molecule has 0 aromatic carbocycles. The van der Waals surface area contributed by atoms with Gasteiger partial charge in [0.1, 0.15) is 18.3 Å². The largest absolute Gasteiger partial charge is 0.388 e. The highest BCUT2D eigenvalue weighted by atomic mass is 16.7. The molecule has 3 N–H and O–H groups in total. The third kappa shape index (κ3) is 15.6. The molecule has 5 heteroatoms. The lowest BCUT2D eigenvalue weighted by Crippen LogP contribution is -2.57. The summed E-state index contributed by atoms with van der Waals surface area (Å²) in [5, 5.41) is 30.3. The summed E-state index contributed by atoms with van der Waals surface area (Å²) in [4.78, 5) is 0. The van der Waals surface area contributed by atoms with Gasteiger partial charge in [0.25, 0.3) is 0 Å². The van der Waals surface area contributed by atoms with E-state index in [9.17, 15) is 15.3 Å². The smallest absolute Gasteiger partial charge is 0.186 e. The summed E-state index contributed by atoms with van der Waals surface area (Å²) in [6, 6.07) is 0. The van der Waals surface area contributed by atoms with E-state index < -0.39 is 30.7 Å². The Kier molecular flexibility index (Phi) is 20.5. The van der Waals surface area contributed by atoms with E-state index >= 15 is 0 Å². The summed E-state index contributed by atoms with van der Waals surface area (Å²) in [6.45, 7) is 6.78. The molecular formula is C30H60O5. The summed E-state index contributed by atoms with van der Waals surface area (Å²) in [5.74, 6) is 0.458. The van der Waals surface area contributed by atoms with Crippen molar-refractivity contribution in [3.8, 4) is 0 Å². The molecule has 0 saturated carbocycles. The van der Waals surface area contributed by atoms with Crippen LogP contribution in [0.5, 0.6) is 0 Å². The highest BCUT2D eigenvalue weighted by Gasteiger charge is 2.42. The molecule has 0 aliphatic carbocycles. The van der Waals surface area contributed by atoms with E-state index in [1.54, 1.807) is 6.92 Å². The molecule has 6 atom stereocenters. The van der Waals surface area contributed by atoms with Gasteiger partial charge in [-0.15, -0.1) is 0 Å². The Bertz CT molecular complexity index is 460. The minimum atomic E-state index is -1.23. The van der Waals surface area contributed by atoms with Gasteiger partial charge in [0.2, 0.25) is 0 Å². The first-order chi connectivity index (χ1) is 17.0. The van der Waals surface area contributed by atoms with Gasteiger partial charge in [-0.25, -0.2) is 0 Å². The van der Waals surface area contributed by atoms with Crippen LogP contribution in [0.2, 0.25) is 0 Å². The maximum atomic E-state index is 10.3. The monoisotopic (exact) mass is 500 g/mol. The first-order valence-corrected chi connectivity index (χ1v) is 15.3. The molecule has 1 rings (SSSR count). The van der Waals surface area contributed by atoms with Gasteiger partial charge in [-0.2, -0.15) is 0 Å². The molecule has 35 heavy (non-hydrogen) atoms. The number of rotatable bonds is 23. The minimum Gasteiger partial charge on any atom is -0.388 e. The Morgan fingerprint density at radius 3 is 1.40 bits per heavy atom. The van der Waals surface area contributed by atoms with Crippen LogP contribution in [0, 0.1) is 5.92 Å². The zero-order chi connectivity index (χ0) is 25.7. The van der Waals surface area contributed by atoms with E-state index in [-0.39, 0.29) is 0 Å². The highest BCUT2D eigenvalue weighted by molar-refractivity contribution is 4.87. The lowest BCUT2D eigenvalue weighted by molar-refractivity contribution is -0.295. The Labute approximate surface area is 217 Å². The van der Waals surface area contributed by atoms with Crippen molar-refractivity contribution in [1.82, 2.24) is 0 Å². The second-order valence-corrected chi connectivity index (χ2v) is 11.1. The fraction of sp³-hybridized carbons (Fsp3) is 1.00. The van der Waals surface area contributed by atoms with Crippen LogP contribution >= 0.6 is 0 Å². The number of unbranched alkanes of at least 4 members (excludes halogenated alkanes) is 16. The number of ether oxygens (including phenoxy) is 2. The van der Waals surface area contributed by atoms with Gasteiger partial charge in [0.05, 0.1) is 12.7 Å². The molecule has 0 radical (unpaired) electrons. The summed E-state index contributed by atoms with van der Waals surface area (Å²) in [6.07, 6.45) is 21.4. The van der Waals surface area contributed by atoms with Gasteiger partial charge in [-0.3, -0.25) is 0 Å². The minimum absolute atomic E-state index is 0.458. The summed E-state index contributed by atoms with van der Waals surface area (Å²) in [7, 11) is 0. The molecule has 2 unspecified atom stereocenters. The molecule has 1 saturated heterocycles. The first kappa shape index (κ1) is 32.8. The van der Waals surface area contributed by atoms with E-state index in [4.69, 9.17) is 9.47 Å². The zero-order valence-corrected chi connectivity index (χ0v) is 23.5. The standard InChI is InChI=1S/C30H60O5/c1-4-6-8-10-12-14-15-17-19-21-23-26(22-20-18-16-13-11-9-7-5-2)24-34-30-29(33)28(32)27(31)25(3)35-30/h25-33H,4-24H2,1-3H3/t25-,26?,27+,28+,29-,30?/m0/s1. The van der Waals surface area contributed by atoms with Crippen LogP contribution in [0.3, 0.4) is 0 Å². The summed E-state index contributed by atoms with van der Waals surface area (Å²) in [5.41, 5.74) is 0. The molecule has 1 fully saturated rings. The van der Waals surface area contributed by atoms with Crippen LogP contribution in [-0.4, -0.2) is 52.6 Å². The Hall–Kier alpha value is -0.200. The molecule has 0 spiro atoms. The number of hydrogen-bond acceptors (Lipinski definition) is 5. The molecule has 5 nitrogen and oxygen atoms in total. The summed E-state index contributed by atoms with van der Waals surface area (Å²) >= 11 is 0. The zero-order valence-electron chi connectivity index (χ0n) is 23.5. The quantitative estimate of drug-likeness (QED) is 0.128. The van der Waals surface area contributed by atoms with Crippen LogP contribution in [0.1, 0.15) is 149 Å². The Morgan fingerprint density at radius 2 is 0.971 bits per heavy atom. The molecule has 0 aromatic heterocycles. The number of aliphatic hydroxyl groups excluding tert-OH is 3. The molecule has 210 valence electrons. The van der Waals surface area contributed by atoms with Crippen molar-refractivity contribution in [3.05, 3.63) is 0 Å². The van der Waals surface area contributed by atoms with Gasteiger partial charge >= 0.3 is 0 Å². The second-order valence-electron chi connectivity index (χ2n) is 11.1. The average Bonchev–Trinajstić information content (AvgIpc) is 2.86. The van der Waals surface area contributed by atoms with Crippen LogP contribution in [0.4, 0.5) is 0 Å². The predicted molar refractivity (Wildman–Crippen MR) is 145 cm³/mol. The van der Waals surface area contributed by atoms with E-state index in [2.05, 4.69) is 13.8 Å². The fourth-order valence-electron chi connectivity index (χ4n) is 5.18. The van der Waals surface area contributed by atoms with Crippen LogP contribution in [-0.2, 0) is 9.47 Å². The van der Waals surface area contributed by atoms with Crippen LogP contribution in [0.25, 0.3) is 0 Å². The molecule has 0 bridgehead atoms. The van der Waals surface area contributed by atoms with Crippen molar-refractivity contribution in [2.45, 2.75) is 180 Å². The average molecular weight is 501 g/mol. The first-order valence-electron chi connectivity index (χ1n) is 15.3. The molecular weight excluding hydrogens is 440 g/mol. The molecule has 1 aliphatic heterocycles. The van der Waals surface area contributed by atoms with E-state index in [1.165, 1.54) is 116 Å². The molecule has 0 aromatic rings. The van der Waals surface area contributed by atoms with Gasteiger partial charge in [-0.05, 0) is 25.7 Å². The van der Waals surface area contributed by atoms with Gasteiger partial charge in [0, 0.05) is 0 Å². The van der Waals surface area contributed by atoms with Gasteiger partial charge in [-0.1, -0.05) is 129 Å². The lowest BCUT2D eigenvalue weighted by Gasteiger charge is -2.39. The van der Waals surface area contributed by atoms with Gasteiger partial charge in [0.15, 0.2) is 6.29 Å². The van der Waals surface area contributed by atoms with Crippen molar-refractivity contribution >= 4 is 0 Å². The van der Waals surface area contributed by atoms with Crippen molar-refractivity contribution in [2.75, 3.05) is 6.61 Å². The van der Waals surface area contributed by atoms with Crippen molar-refractivity contribution < 1.29 is 24.8 Å². The number of aliphatic hydroxyl groups is 3. The van der Waals surface area contributed by atoms with Crippen molar-refractivity contribution in [1.29, 1.82) is 0 Å². The highest BCUT2D eigenvalue weighted by Crippen LogP contribution is 2.25. The lowest BCUT2D eigenvalue weighted by atomic mass is 9.94. The Balaban J connectivity index is 2.30.